The second kappa shape index (κ2) is 8.27. The Kier molecular flexibility index (Phi) is 5.92. The number of nitrogens with two attached hydrogens (primary N) is 1. The van der Waals surface area contributed by atoms with Crippen molar-refractivity contribution >= 4 is 32.7 Å². The average Bonchev–Trinajstić information content (AvgIpc) is 2.95. The van der Waals surface area contributed by atoms with Crippen LogP contribution in [0.15, 0.2) is 40.3 Å². The maximum atomic E-state index is 13.2. The van der Waals surface area contributed by atoms with Crippen LogP contribution in [0.25, 0.3) is 11.2 Å². The minimum absolute atomic E-state index is 0.0748. The van der Waals surface area contributed by atoms with Crippen molar-refractivity contribution in [2.75, 3.05) is 11.5 Å². The molecule has 11 heteroatoms. The first kappa shape index (κ1) is 21.5. The van der Waals surface area contributed by atoms with E-state index in [0.717, 1.165) is 5.56 Å². The fraction of sp³-hybridized carbons (Fsp3) is 0.368. The van der Waals surface area contributed by atoms with E-state index in [1.165, 1.54) is 23.0 Å². The van der Waals surface area contributed by atoms with Crippen LogP contribution < -0.4 is 11.4 Å². The van der Waals surface area contributed by atoms with Crippen molar-refractivity contribution < 1.29 is 13.7 Å². The SMILES string of the molecule is CCCS(=N)(=O)c1nc(N)c2c(n1)n(Cc1ccccc1)c(=O)n2C(C)OC(C)=O. The highest BCUT2D eigenvalue weighted by molar-refractivity contribution is 7.92. The van der Waals surface area contributed by atoms with Crippen LogP contribution in [0, 0.1) is 4.78 Å². The third-order valence-electron chi connectivity index (χ3n) is 4.48. The molecule has 0 aliphatic carbocycles. The smallest absolute Gasteiger partial charge is 0.333 e. The number of ether oxygens (including phenoxy) is 1. The molecule has 0 amide bonds. The molecule has 0 spiro atoms. The number of fused-ring (bicyclic) bond motifs is 1. The number of carbonyl (C=O) groups is 1. The van der Waals surface area contributed by atoms with Crippen molar-refractivity contribution in [1.29, 1.82) is 4.78 Å². The van der Waals surface area contributed by atoms with Gasteiger partial charge in [-0.15, -0.1) is 0 Å². The Bertz CT molecular complexity index is 1250. The third-order valence-corrected chi connectivity index (χ3v) is 6.23. The molecular weight excluding hydrogens is 408 g/mol. The minimum Gasteiger partial charge on any atom is -0.442 e. The van der Waals surface area contributed by atoms with E-state index in [0.29, 0.717) is 6.42 Å². The quantitative estimate of drug-likeness (QED) is 0.429. The Balaban J connectivity index is 2.31. The number of nitrogens with one attached hydrogen (secondary N) is 1. The van der Waals surface area contributed by atoms with Crippen LogP contribution in [0.4, 0.5) is 5.82 Å². The summed E-state index contributed by atoms with van der Waals surface area (Å²) in [5.74, 6) is -0.591. The van der Waals surface area contributed by atoms with Gasteiger partial charge in [0.2, 0.25) is 5.16 Å². The molecule has 2 heterocycles. The Morgan fingerprint density at radius 2 is 1.97 bits per heavy atom. The van der Waals surface area contributed by atoms with E-state index in [-0.39, 0.29) is 34.4 Å². The van der Waals surface area contributed by atoms with Gasteiger partial charge in [0.25, 0.3) is 0 Å². The Labute approximate surface area is 173 Å². The summed E-state index contributed by atoms with van der Waals surface area (Å²) >= 11 is 0. The lowest BCUT2D eigenvalue weighted by atomic mass is 10.2. The molecule has 3 N–H and O–H groups in total. The van der Waals surface area contributed by atoms with Crippen molar-refractivity contribution in [1.82, 2.24) is 19.1 Å². The number of anilines is 1. The van der Waals surface area contributed by atoms with Gasteiger partial charge in [-0.2, -0.15) is 4.98 Å². The van der Waals surface area contributed by atoms with Crippen LogP contribution in [0.5, 0.6) is 0 Å². The van der Waals surface area contributed by atoms with Gasteiger partial charge in [0.1, 0.15) is 15.2 Å². The number of aromatic nitrogens is 4. The molecule has 1 aromatic carbocycles. The molecule has 0 saturated carbocycles. The first-order chi connectivity index (χ1) is 14.2. The highest BCUT2D eigenvalue weighted by Crippen LogP contribution is 2.24. The standard InChI is InChI=1S/C19H24N6O4S/c1-4-10-30(21,28)18-22-16(20)15-17(23-18)24(11-14-8-6-5-7-9-14)19(27)25(15)12(2)29-13(3)26/h5-9,12,21H,4,10-11H2,1-3H3,(H2,20,22,23). The molecule has 0 bridgehead atoms. The molecule has 0 aliphatic heterocycles. The molecule has 0 saturated heterocycles. The Morgan fingerprint density at radius 3 is 2.57 bits per heavy atom. The Morgan fingerprint density at radius 1 is 1.30 bits per heavy atom. The van der Waals surface area contributed by atoms with Gasteiger partial charge in [-0.05, 0) is 18.9 Å². The lowest BCUT2D eigenvalue weighted by Crippen LogP contribution is -2.28. The molecule has 160 valence electrons. The lowest BCUT2D eigenvalue weighted by Gasteiger charge is -2.14. The summed E-state index contributed by atoms with van der Waals surface area (Å²) in [5.41, 5.74) is 6.75. The van der Waals surface area contributed by atoms with E-state index in [4.69, 9.17) is 15.3 Å². The summed E-state index contributed by atoms with van der Waals surface area (Å²) in [4.78, 5) is 33.1. The van der Waals surface area contributed by atoms with Crippen molar-refractivity contribution in [3.8, 4) is 0 Å². The molecule has 10 nitrogen and oxygen atoms in total. The summed E-state index contributed by atoms with van der Waals surface area (Å²) < 4.78 is 28.6. The van der Waals surface area contributed by atoms with Crippen molar-refractivity contribution in [2.45, 2.75) is 45.1 Å². The fourth-order valence-corrected chi connectivity index (χ4v) is 4.48. The normalized spacial score (nSPS) is 14.4. The molecule has 30 heavy (non-hydrogen) atoms. The molecular formula is C19H24N6O4S. The van der Waals surface area contributed by atoms with Gasteiger partial charge in [0.05, 0.1) is 6.54 Å². The maximum Gasteiger partial charge on any atom is 0.333 e. The second-order valence-electron chi connectivity index (χ2n) is 6.88. The van der Waals surface area contributed by atoms with E-state index < -0.39 is 27.6 Å². The molecule has 3 rings (SSSR count). The van der Waals surface area contributed by atoms with Crippen molar-refractivity contribution in [3.63, 3.8) is 0 Å². The van der Waals surface area contributed by atoms with Crippen LogP contribution in [0.2, 0.25) is 0 Å². The highest BCUT2D eigenvalue weighted by Gasteiger charge is 2.26. The number of imidazole rings is 1. The highest BCUT2D eigenvalue weighted by atomic mass is 32.2. The zero-order valence-corrected chi connectivity index (χ0v) is 17.8. The molecule has 2 atom stereocenters. The van der Waals surface area contributed by atoms with Crippen LogP contribution in [-0.2, 0) is 25.8 Å². The van der Waals surface area contributed by atoms with Gasteiger partial charge in [-0.3, -0.25) is 9.36 Å². The summed E-state index contributed by atoms with van der Waals surface area (Å²) in [6, 6.07) is 9.24. The number of hydrogen-bond acceptors (Lipinski definition) is 8. The first-order valence-corrected chi connectivity index (χ1v) is 11.1. The number of hydrogen-bond donors (Lipinski definition) is 2. The number of benzene rings is 1. The number of nitrogen functional groups attached to an aromatic ring is 1. The van der Waals surface area contributed by atoms with Gasteiger partial charge in [0, 0.05) is 12.7 Å². The zero-order chi connectivity index (χ0) is 22.1. The van der Waals surface area contributed by atoms with Crippen molar-refractivity contribution in [3.05, 3.63) is 46.4 Å². The van der Waals surface area contributed by atoms with Crippen LogP contribution in [0.1, 0.15) is 39.0 Å². The molecule has 3 aromatic rings. The van der Waals surface area contributed by atoms with Crippen LogP contribution in [-0.4, -0.2) is 35.0 Å². The number of carbonyl (C=O) groups excluding carboxylic acids is 1. The predicted molar refractivity (Wildman–Crippen MR) is 113 cm³/mol. The molecule has 2 unspecified atom stereocenters. The van der Waals surface area contributed by atoms with Gasteiger partial charge in [-0.1, -0.05) is 37.3 Å². The zero-order valence-electron chi connectivity index (χ0n) is 17.0. The van der Waals surface area contributed by atoms with E-state index in [2.05, 4.69) is 9.97 Å². The fourth-order valence-electron chi connectivity index (χ4n) is 3.24. The van der Waals surface area contributed by atoms with E-state index in [1.54, 1.807) is 6.92 Å². The molecule has 0 radical (unpaired) electrons. The van der Waals surface area contributed by atoms with E-state index in [1.807, 2.05) is 30.3 Å². The van der Waals surface area contributed by atoms with Gasteiger partial charge >= 0.3 is 11.7 Å². The first-order valence-electron chi connectivity index (χ1n) is 9.41. The second-order valence-corrected chi connectivity index (χ2v) is 9.00. The largest absolute Gasteiger partial charge is 0.442 e. The van der Waals surface area contributed by atoms with Crippen LogP contribution in [0.3, 0.4) is 0 Å². The van der Waals surface area contributed by atoms with Gasteiger partial charge < -0.3 is 10.5 Å². The summed E-state index contributed by atoms with van der Waals surface area (Å²) in [6.07, 6.45) is -0.451. The maximum absolute atomic E-state index is 13.2. The molecule has 0 aliphatic rings. The van der Waals surface area contributed by atoms with E-state index >= 15 is 0 Å². The number of nitrogens with zero attached hydrogens (tertiary/aromatic N) is 4. The minimum atomic E-state index is -3.27. The lowest BCUT2D eigenvalue weighted by molar-refractivity contribution is -0.149. The molecule has 0 fully saturated rings. The average molecular weight is 433 g/mol. The monoisotopic (exact) mass is 432 g/mol. The summed E-state index contributed by atoms with van der Waals surface area (Å²) in [7, 11) is -3.27. The predicted octanol–water partition coefficient (Wildman–Crippen LogP) is 2.12. The molecule has 2 aromatic heterocycles. The van der Waals surface area contributed by atoms with Gasteiger partial charge in [-0.25, -0.2) is 23.3 Å². The topological polar surface area (TPSA) is 146 Å². The summed E-state index contributed by atoms with van der Waals surface area (Å²) in [6.45, 7) is 4.74. The number of esters is 1. The summed E-state index contributed by atoms with van der Waals surface area (Å²) in [5, 5.41) is -0.214. The van der Waals surface area contributed by atoms with E-state index in [9.17, 15) is 13.8 Å². The van der Waals surface area contributed by atoms with Crippen molar-refractivity contribution in [2.24, 2.45) is 0 Å². The van der Waals surface area contributed by atoms with Crippen LogP contribution >= 0.6 is 0 Å². The number of rotatable bonds is 7. The third kappa shape index (κ3) is 4.06. The van der Waals surface area contributed by atoms with Gasteiger partial charge in [0.15, 0.2) is 17.7 Å². The Hall–Kier alpha value is -3.21.